The van der Waals surface area contributed by atoms with Gasteiger partial charge in [0.25, 0.3) is 0 Å². The Kier molecular flexibility index (Phi) is 8.70. The van der Waals surface area contributed by atoms with Gasteiger partial charge in [0.15, 0.2) is 0 Å². The molecule has 1 heterocycles. The predicted molar refractivity (Wildman–Crippen MR) is 125 cm³/mol. The van der Waals surface area contributed by atoms with Crippen molar-refractivity contribution in [3.05, 3.63) is 69.8 Å². The van der Waals surface area contributed by atoms with Crippen molar-refractivity contribution in [1.29, 1.82) is 0 Å². The molecule has 1 N–H and O–H groups in total. The predicted octanol–water partition coefficient (Wildman–Crippen LogP) is 5.12. The molecule has 5 nitrogen and oxygen atoms in total. The van der Waals surface area contributed by atoms with Crippen LogP contribution in [0.4, 0.5) is 0 Å². The van der Waals surface area contributed by atoms with Crippen molar-refractivity contribution in [2.75, 3.05) is 26.2 Å². The molecule has 0 aliphatic rings. The minimum Gasteiger partial charge on any atom is -0.311 e. The first kappa shape index (κ1) is 22.8. The monoisotopic (exact) mass is 445 g/mol. The molecule has 30 heavy (non-hydrogen) atoms. The highest BCUT2D eigenvalue weighted by Gasteiger charge is 2.14. The molecule has 0 atom stereocenters. The first-order valence-electron chi connectivity index (χ1n) is 10.5. The molecule has 0 radical (unpaired) electrons. The third-order valence-corrected chi connectivity index (χ3v) is 5.70. The van der Waals surface area contributed by atoms with Crippen LogP contribution in [0.25, 0.3) is 11.3 Å². The third kappa shape index (κ3) is 6.29. The van der Waals surface area contributed by atoms with Gasteiger partial charge in [-0.1, -0.05) is 73.4 Å². The summed E-state index contributed by atoms with van der Waals surface area (Å²) in [6, 6.07) is 15.7. The van der Waals surface area contributed by atoms with Gasteiger partial charge in [0, 0.05) is 22.2 Å². The molecule has 0 unspecified atom stereocenters. The number of aromatic nitrogens is 3. The fourth-order valence-corrected chi connectivity index (χ4v) is 3.84. The van der Waals surface area contributed by atoms with Crippen molar-refractivity contribution < 1.29 is 0 Å². The summed E-state index contributed by atoms with van der Waals surface area (Å²) in [5.74, 6) is 0. The minimum absolute atomic E-state index is 0.498. The molecule has 0 aliphatic heterocycles. The van der Waals surface area contributed by atoms with Crippen molar-refractivity contribution in [3.63, 3.8) is 0 Å². The summed E-state index contributed by atoms with van der Waals surface area (Å²) in [5.41, 5.74) is 3.84. The number of rotatable bonds is 11. The summed E-state index contributed by atoms with van der Waals surface area (Å²) in [6.45, 7) is 9.82. The van der Waals surface area contributed by atoms with Crippen LogP contribution >= 0.6 is 23.2 Å². The maximum absolute atomic E-state index is 6.34. The van der Waals surface area contributed by atoms with Crippen molar-refractivity contribution in [1.82, 2.24) is 25.2 Å². The van der Waals surface area contributed by atoms with E-state index in [-0.39, 0.29) is 0 Å². The second-order valence-electron chi connectivity index (χ2n) is 7.18. The average molecular weight is 446 g/mol. The minimum atomic E-state index is 0.498. The second-order valence-corrected chi connectivity index (χ2v) is 8.03. The zero-order valence-electron chi connectivity index (χ0n) is 17.6. The maximum atomic E-state index is 6.34. The van der Waals surface area contributed by atoms with Crippen LogP contribution in [0.1, 0.15) is 31.5 Å². The lowest BCUT2D eigenvalue weighted by atomic mass is 10.1. The molecule has 0 spiro atoms. The van der Waals surface area contributed by atoms with Gasteiger partial charge in [-0.25, -0.2) is 0 Å². The molecule has 0 saturated carbocycles. The molecule has 3 aromatic rings. The summed E-state index contributed by atoms with van der Waals surface area (Å²) >= 11 is 12.4. The van der Waals surface area contributed by atoms with Gasteiger partial charge in [0.1, 0.15) is 11.4 Å². The Labute approximate surface area is 189 Å². The molecule has 0 aliphatic carbocycles. The smallest absolute Gasteiger partial charge is 0.117 e. The lowest BCUT2D eigenvalue weighted by Crippen LogP contribution is -2.27. The Morgan fingerprint density at radius 1 is 1.00 bits per heavy atom. The molecule has 0 saturated heterocycles. The van der Waals surface area contributed by atoms with E-state index in [1.54, 1.807) is 10.9 Å². The third-order valence-electron chi connectivity index (χ3n) is 5.11. The van der Waals surface area contributed by atoms with Crippen LogP contribution in [0, 0.1) is 0 Å². The molecule has 3 rings (SSSR count). The first-order chi connectivity index (χ1) is 14.6. The largest absolute Gasteiger partial charge is 0.311 e. The van der Waals surface area contributed by atoms with E-state index >= 15 is 0 Å². The van der Waals surface area contributed by atoms with Gasteiger partial charge in [0.2, 0.25) is 0 Å². The lowest BCUT2D eigenvalue weighted by molar-refractivity contribution is 0.298. The quantitative estimate of drug-likeness (QED) is 0.415. The van der Waals surface area contributed by atoms with Gasteiger partial charge >= 0.3 is 0 Å². The fourth-order valence-electron chi connectivity index (χ4n) is 3.37. The summed E-state index contributed by atoms with van der Waals surface area (Å²) < 4.78 is 0. The van der Waals surface area contributed by atoms with Crippen LogP contribution < -0.4 is 5.32 Å². The van der Waals surface area contributed by atoms with Gasteiger partial charge < -0.3 is 10.2 Å². The summed E-state index contributed by atoms with van der Waals surface area (Å²) in [5, 5.41) is 14.3. The number of nitrogens with zero attached hydrogens (tertiary/aromatic N) is 4. The number of hydrogen-bond donors (Lipinski definition) is 1. The second kappa shape index (κ2) is 11.5. The normalized spacial score (nSPS) is 11.4. The number of halogens is 2. The van der Waals surface area contributed by atoms with Gasteiger partial charge in [-0.05, 0) is 50.3 Å². The number of nitrogens with one attached hydrogen (secondary N) is 1. The molecule has 7 heteroatoms. The topological polar surface area (TPSA) is 46.0 Å². The molecule has 0 fully saturated rings. The van der Waals surface area contributed by atoms with Crippen LogP contribution in [-0.2, 0) is 13.1 Å². The Hall–Kier alpha value is -1.92. The zero-order chi connectivity index (χ0) is 21.3. The van der Waals surface area contributed by atoms with Crippen LogP contribution in [-0.4, -0.2) is 46.1 Å². The van der Waals surface area contributed by atoms with Crippen molar-refractivity contribution in [2.24, 2.45) is 0 Å². The van der Waals surface area contributed by atoms with E-state index < -0.39 is 0 Å². The Morgan fingerprint density at radius 3 is 2.47 bits per heavy atom. The summed E-state index contributed by atoms with van der Waals surface area (Å²) in [6.07, 6.45) is 1.11. The highest BCUT2D eigenvalue weighted by Crippen LogP contribution is 2.23. The van der Waals surface area contributed by atoms with E-state index in [1.165, 1.54) is 0 Å². The van der Waals surface area contributed by atoms with E-state index in [0.717, 1.165) is 55.1 Å². The SMILES string of the molecule is CCN(CC)CCCNCc1nn(Cc2ccc(Cl)cc2Cl)nc1-c1ccccc1. The number of benzene rings is 2. The van der Waals surface area contributed by atoms with Crippen LogP contribution in [0.5, 0.6) is 0 Å². The summed E-state index contributed by atoms with van der Waals surface area (Å²) in [7, 11) is 0. The molecule has 1 aromatic heterocycles. The fraction of sp³-hybridized carbons (Fsp3) is 0.391. The first-order valence-corrected chi connectivity index (χ1v) is 11.2. The van der Waals surface area contributed by atoms with E-state index in [9.17, 15) is 0 Å². The van der Waals surface area contributed by atoms with Crippen molar-refractivity contribution in [3.8, 4) is 11.3 Å². The van der Waals surface area contributed by atoms with Gasteiger partial charge in [-0.15, -0.1) is 0 Å². The molecule has 160 valence electrons. The maximum Gasteiger partial charge on any atom is 0.117 e. The molecule has 2 aromatic carbocycles. The zero-order valence-corrected chi connectivity index (χ0v) is 19.1. The van der Waals surface area contributed by atoms with Crippen LogP contribution in [0.15, 0.2) is 48.5 Å². The van der Waals surface area contributed by atoms with Crippen LogP contribution in [0.2, 0.25) is 10.0 Å². The highest BCUT2D eigenvalue weighted by molar-refractivity contribution is 6.35. The average Bonchev–Trinajstić information content (AvgIpc) is 3.16. The van der Waals surface area contributed by atoms with E-state index in [2.05, 4.69) is 36.2 Å². The number of hydrogen-bond acceptors (Lipinski definition) is 4. The van der Waals surface area contributed by atoms with Crippen molar-refractivity contribution >= 4 is 23.2 Å². The summed E-state index contributed by atoms with van der Waals surface area (Å²) in [4.78, 5) is 4.15. The Balaban J connectivity index is 1.71. The van der Waals surface area contributed by atoms with Gasteiger partial charge in [-0.3, -0.25) is 0 Å². The Bertz CT molecular complexity index is 923. The van der Waals surface area contributed by atoms with Gasteiger partial charge in [0.05, 0.1) is 6.54 Å². The van der Waals surface area contributed by atoms with E-state index in [1.807, 2.05) is 30.3 Å². The van der Waals surface area contributed by atoms with Crippen molar-refractivity contribution in [2.45, 2.75) is 33.4 Å². The van der Waals surface area contributed by atoms with E-state index in [4.69, 9.17) is 33.4 Å². The molecular formula is C23H29Cl2N5. The Morgan fingerprint density at radius 2 is 1.77 bits per heavy atom. The molecule has 0 amide bonds. The van der Waals surface area contributed by atoms with E-state index in [0.29, 0.717) is 23.1 Å². The molecule has 0 bridgehead atoms. The standard InChI is InChI=1S/C23H29Cl2N5/c1-3-29(4-2)14-8-13-26-16-22-23(18-9-6-5-7-10-18)28-30(27-22)17-19-11-12-20(24)15-21(19)25/h5-7,9-12,15,26H,3-4,8,13-14,16-17H2,1-2H3. The molecular weight excluding hydrogens is 417 g/mol. The lowest BCUT2D eigenvalue weighted by Gasteiger charge is -2.17. The van der Waals surface area contributed by atoms with Gasteiger partial charge in [-0.2, -0.15) is 15.0 Å². The highest BCUT2D eigenvalue weighted by atomic mass is 35.5. The van der Waals surface area contributed by atoms with Crippen LogP contribution in [0.3, 0.4) is 0 Å².